The second-order valence-corrected chi connectivity index (χ2v) is 7.49. The van der Waals surface area contributed by atoms with Crippen LogP contribution >= 0.6 is 23.4 Å². The molecule has 100 valence electrons. The summed E-state index contributed by atoms with van der Waals surface area (Å²) < 4.78 is 27.0. The molecule has 1 atom stereocenters. The van der Waals surface area contributed by atoms with Gasteiger partial charge in [-0.3, -0.25) is 0 Å². The van der Waals surface area contributed by atoms with Crippen molar-refractivity contribution < 1.29 is 8.42 Å². The fourth-order valence-corrected chi connectivity index (χ4v) is 4.52. The van der Waals surface area contributed by atoms with Crippen molar-refractivity contribution in [3.05, 3.63) is 23.2 Å². The highest BCUT2D eigenvalue weighted by atomic mass is 35.5. The van der Waals surface area contributed by atoms with E-state index >= 15 is 0 Å². The molecule has 1 saturated heterocycles. The molecule has 3 N–H and O–H groups in total. The van der Waals surface area contributed by atoms with E-state index in [1.807, 2.05) is 0 Å². The summed E-state index contributed by atoms with van der Waals surface area (Å²) in [5.41, 5.74) is 5.94. The number of halogens is 1. The number of nitrogen functional groups attached to an aromatic ring is 1. The van der Waals surface area contributed by atoms with Crippen LogP contribution in [0.4, 0.5) is 5.69 Å². The van der Waals surface area contributed by atoms with Gasteiger partial charge in [0.2, 0.25) is 10.0 Å². The predicted octanol–water partition coefficient (Wildman–Crippen LogP) is 2.10. The minimum absolute atomic E-state index is 0.00470. The lowest BCUT2D eigenvalue weighted by Crippen LogP contribution is -2.38. The smallest absolute Gasteiger partial charge is 0.240 e. The highest BCUT2D eigenvalue weighted by Crippen LogP contribution is 2.24. The predicted molar refractivity (Wildman–Crippen MR) is 76.5 cm³/mol. The molecule has 1 aliphatic heterocycles. The first-order valence-corrected chi connectivity index (χ1v) is 8.66. The average Bonchev–Trinajstić information content (AvgIpc) is 2.33. The third kappa shape index (κ3) is 3.32. The quantitative estimate of drug-likeness (QED) is 0.839. The van der Waals surface area contributed by atoms with Crippen LogP contribution in [0, 0.1) is 0 Å². The summed E-state index contributed by atoms with van der Waals surface area (Å²) >= 11 is 7.61. The van der Waals surface area contributed by atoms with E-state index in [1.54, 1.807) is 11.8 Å². The number of benzene rings is 1. The van der Waals surface area contributed by atoms with E-state index in [-0.39, 0.29) is 16.0 Å². The van der Waals surface area contributed by atoms with Gasteiger partial charge in [-0.15, -0.1) is 0 Å². The first-order valence-electron chi connectivity index (χ1n) is 5.64. The average molecular weight is 307 g/mol. The van der Waals surface area contributed by atoms with E-state index < -0.39 is 10.0 Å². The molecule has 0 aromatic heterocycles. The first kappa shape index (κ1) is 14.0. The Morgan fingerprint density at radius 2 is 2.22 bits per heavy atom. The molecular weight excluding hydrogens is 292 g/mol. The van der Waals surface area contributed by atoms with Crippen LogP contribution in [0.3, 0.4) is 0 Å². The number of rotatable bonds is 3. The zero-order chi connectivity index (χ0) is 13.2. The fourth-order valence-electron chi connectivity index (χ4n) is 1.80. The maximum atomic E-state index is 12.1. The van der Waals surface area contributed by atoms with Gasteiger partial charge in [-0.1, -0.05) is 11.6 Å². The molecule has 1 aromatic rings. The maximum absolute atomic E-state index is 12.1. The van der Waals surface area contributed by atoms with Crippen molar-refractivity contribution >= 4 is 39.1 Å². The molecule has 4 nitrogen and oxygen atoms in total. The molecule has 0 radical (unpaired) electrons. The molecule has 2 rings (SSSR count). The zero-order valence-electron chi connectivity index (χ0n) is 9.73. The SMILES string of the molecule is Nc1ccc(S(=O)(=O)NC2CCCSC2)cc1Cl. The van der Waals surface area contributed by atoms with Gasteiger partial charge in [0, 0.05) is 11.8 Å². The van der Waals surface area contributed by atoms with E-state index in [0.29, 0.717) is 5.69 Å². The van der Waals surface area contributed by atoms with E-state index in [0.717, 1.165) is 24.3 Å². The van der Waals surface area contributed by atoms with Gasteiger partial charge in [-0.2, -0.15) is 11.8 Å². The van der Waals surface area contributed by atoms with Gasteiger partial charge < -0.3 is 5.73 Å². The largest absolute Gasteiger partial charge is 0.398 e. The van der Waals surface area contributed by atoms with Gasteiger partial charge in [-0.25, -0.2) is 13.1 Å². The molecule has 0 saturated carbocycles. The number of nitrogens with one attached hydrogen (secondary N) is 1. The third-order valence-electron chi connectivity index (χ3n) is 2.76. The van der Waals surface area contributed by atoms with Gasteiger partial charge in [0.25, 0.3) is 0 Å². The van der Waals surface area contributed by atoms with E-state index in [4.69, 9.17) is 17.3 Å². The van der Waals surface area contributed by atoms with E-state index in [2.05, 4.69) is 4.72 Å². The molecule has 1 aliphatic rings. The first-order chi connectivity index (χ1) is 8.49. The van der Waals surface area contributed by atoms with Gasteiger partial charge in [0.1, 0.15) is 0 Å². The molecule has 1 fully saturated rings. The van der Waals surface area contributed by atoms with Gasteiger partial charge >= 0.3 is 0 Å². The number of thioether (sulfide) groups is 1. The van der Waals surface area contributed by atoms with Gasteiger partial charge in [0.15, 0.2) is 0 Å². The molecular formula is C11H15ClN2O2S2. The number of hydrogen-bond donors (Lipinski definition) is 2. The van der Waals surface area contributed by atoms with Crippen LogP contribution in [0.15, 0.2) is 23.1 Å². The number of anilines is 1. The highest BCUT2D eigenvalue weighted by molar-refractivity contribution is 7.99. The summed E-state index contributed by atoms with van der Waals surface area (Å²) in [6.07, 6.45) is 1.93. The second-order valence-electron chi connectivity index (χ2n) is 4.22. The third-order valence-corrected chi connectivity index (χ3v) is 5.83. The van der Waals surface area contributed by atoms with Crippen LogP contribution in [0.2, 0.25) is 5.02 Å². The lowest BCUT2D eigenvalue weighted by molar-refractivity contribution is 0.543. The number of hydrogen-bond acceptors (Lipinski definition) is 4. The molecule has 0 amide bonds. The normalized spacial score (nSPS) is 20.8. The Bertz CT molecular complexity index is 528. The molecule has 1 unspecified atom stereocenters. The lowest BCUT2D eigenvalue weighted by Gasteiger charge is -2.22. The molecule has 0 bridgehead atoms. The minimum atomic E-state index is -3.50. The van der Waals surface area contributed by atoms with E-state index in [1.165, 1.54) is 18.2 Å². The number of sulfonamides is 1. The van der Waals surface area contributed by atoms with Gasteiger partial charge in [-0.05, 0) is 36.8 Å². The standard InChI is InChI=1S/C11H15ClN2O2S2/c12-10-6-9(3-4-11(10)13)18(15,16)14-8-2-1-5-17-7-8/h3-4,6,8,14H,1-2,5,7,13H2. The lowest BCUT2D eigenvalue weighted by atomic mass is 10.2. The molecule has 18 heavy (non-hydrogen) atoms. The van der Waals surface area contributed by atoms with Crippen molar-refractivity contribution in [1.29, 1.82) is 0 Å². The minimum Gasteiger partial charge on any atom is -0.398 e. The van der Waals surface area contributed by atoms with Crippen molar-refractivity contribution in [3.63, 3.8) is 0 Å². The summed E-state index contributed by atoms with van der Waals surface area (Å²) in [5.74, 6) is 1.92. The topological polar surface area (TPSA) is 72.2 Å². The molecule has 0 aliphatic carbocycles. The van der Waals surface area contributed by atoms with Crippen LogP contribution in [0.25, 0.3) is 0 Å². The number of nitrogens with two attached hydrogens (primary N) is 1. The Labute approximate surface area is 116 Å². The Balaban J connectivity index is 2.16. The molecule has 0 spiro atoms. The molecule has 7 heteroatoms. The van der Waals surface area contributed by atoms with Crippen molar-refractivity contribution in [2.45, 2.75) is 23.8 Å². The van der Waals surface area contributed by atoms with Crippen molar-refractivity contribution in [3.8, 4) is 0 Å². The monoisotopic (exact) mass is 306 g/mol. The van der Waals surface area contributed by atoms with Crippen LogP contribution in [0.5, 0.6) is 0 Å². The molecule has 1 aromatic carbocycles. The fraction of sp³-hybridized carbons (Fsp3) is 0.455. The Morgan fingerprint density at radius 1 is 1.44 bits per heavy atom. The Morgan fingerprint density at radius 3 is 2.83 bits per heavy atom. The van der Waals surface area contributed by atoms with Crippen molar-refractivity contribution in [2.24, 2.45) is 0 Å². The highest BCUT2D eigenvalue weighted by Gasteiger charge is 2.22. The zero-order valence-corrected chi connectivity index (χ0v) is 12.1. The maximum Gasteiger partial charge on any atom is 0.240 e. The summed E-state index contributed by atoms with van der Waals surface area (Å²) in [4.78, 5) is 0.164. The summed E-state index contributed by atoms with van der Waals surface area (Å²) in [6.45, 7) is 0. The van der Waals surface area contributed by atoms with Crippen LogP contribution in [-0.4, -0.2) is 26.0 Å². The van der Waals surface area contributed by atoms with Crippen LogP contribution in [0.1, 0.15) is 12.8 Å². The molecule has 1 heterocycles. The van der Waals surface area contributed by atoms with Crippen molar-refractivity contribution in [2.75, 3.05) is 17.2 Å². The van der Waals surface area contributed by atoms with E-state index in [9.17, 15) is 8.42 Å². The van der Waals surface area contributed by atoms with Crippen molar-refractivity contribution in [1.82, 2.24) is 4.72 Å². The van der Waals surface area contributed by atoms with Gasteiger partial charge in [0.05, 0.1) is 15.6 Å². The summed E-state index contributed by atoms with van der Waals surface area (Å²) in [5, 5.41) is 0.260. The summed E-state index contributed by atoms with van der Waals surface area (Å²) in [6, 6.07) is 4.37. The second kappa shape index (κ2) is 5.69. The Hall–Kier alpha value is -0.430. The summed E-state index contributed by atoms with van der Waals surface area (Å²) in [7, 11) is -3.50. The van der Waals surface area contributed by atoms with Crippen LogP contribution < -0.4 is 10.5 Å². The Kier molecular flexibility index (Phi) is 4.42. The van der Waals surface area contributed by atoms with Crippen LogP contribution in [-0.2, 0) is 10.0 Å².